The standard InChI is InChI=1S/C10H20O/c1-2-3-4-6-9-7-5-8-10(9)11/h9-11H,2-8H2,1H3/t9-,10-/m1/s1. The topological polar surface area (TPSA) is 20.2 Å². The van der Waals surface area contributed by atoms with Crippen molar-refractivity contribution in [1.29, 1.82) is 0 Å². The lowest BCUT2D eigenvalue weighted by Gasteiger charge is -2.12. The van der Waals surface area contributed by atoms with Gasteiger partial charge in [0.25, 0.3) is 0 Å². The molecule has 0 aliphatic heterocycles. The van der Waals surface area contributed by atoms with Crippen LogP contribution in [0.3, 0.4) is 0 Å². The molecular formula is C10H20O. The molecule has 0 aromatic rings. The molecular weight excluding hydrogens is 136 g/mol. The first kappa shape index (κ1) is 9.05. The predicted octanol–water partition coefficient (Wildman–Crippen LogP) is 2.73. The zero-order valence-corrected chi connectivity index (χ0v) is 7.55. The van der Waals surface area contributed by atoms with E-state index in [1.165, 1.54) is 38.5 Å². The molecule has 1 aliphatic rings. The van der Waals surface area contributed by atoms with E-state index in [1.807, 2.05) is 0 Å². The summed E-state index contributed by atoms with van der Waals surface area (Å²) in [4.78, 5) is 0. The summed E-state index contributed by atoms with van der Waals surface area (Å²) in [5.41, 5.74) is 0. The SMILES string of the molecule is CCCCC[C@@H]1CCC[C@H]1O. The van der Waals surface area contributed by atoms with Gasteiger partial charge in [-0.1, -0.05) is 32.6 Å². The Morgan fingerprint density at radius 2 is 2.09 bits per heavy atom. The van der Waals surface area contributed by atoms with Crippen LogP contribution in [0.25, 0.3) is 0 Å². The van der Waals surface area contributed by atoms with Crippen LogP contribution in [-0.4, -0.2) is 11.2 Å². The summed E-state index contributed by atoms with van der Waals surface area (Å²) in [5, 5.41) is 9.49. The fourth-order valence-corrected chi connectivity index (χ4v) is 2.01. The van der Waals surface area contributed by atoms with E-state index in [0.717, 1.165) is 6.42 Å². The Morgan fingerprint density at radius 3 is 2.64 bits per heavy atom. The molecule has 0 bridgehead atoms. The molecule has 0 spiro atoms. The van der Waals surface area contributed by atoms with Gasteiger partial charge >= 0.3 is 0 Å². The summed E-state index contributed by atoms with van der Waals surface area (Å²) >= 11 is 0. The van der Waals surface area contributed by atoms with Crippen molar-refractivity contribution in [1.82, 2.24) is 0 Å². The third kappa shape index (κ3) is 2.82. The second-order valence-electron chi connectivity index (χ2n) is 3.75. The molecule has 1 rings (SSSR count). The normalized spacial score (nSPS) is 31.1. The number of aliphatic hydroxyl groups is 1. The summed E-state index contributed by atoms with van der Waals surface area (Å²) < 4.78 is 0. The van der Waals surface area contributed by atoms with E-state index in [-0.39, 0.29) is 6.10 Å². The minimum atomic E-state index is 0.0341. The van der Waals surface area contributed by atoms with Gasteiger partial charge in [-0.05, 0) is 25.2 Å². The van der Waals surface area contributed by atoms with Gasteiger partial charge in [-0.25, -0.2) is 0 Å². The van der Waals surface area contributed by atoms with Crippen molar-refractivity contribution in [3.8, 4) is 0 Å². The molecule has 1 fully saturated rings. The Balaban J connectivity index is 2.05. The van der Waals surface area contributed by atoms with Crippen LogP contribution >= 0.6 is 0 Å². The molecule has 0 radical (unpaired) electrons. The minimum Gasteiger partial charge on any atom is -0.393 e. The highest BCUT2D eigenvalue weighted by Crippen LogP contribution is 2.29. The number of hydrogen-bond donors (Lipinski definition) is 1. The summed E-state index contributed by atoms with van der Waals surface area (Å²) in [6, 6.07) is 0. The molecule has 2 atom stereocenters. The highest BCUT2D eigenvalue weighted by atomic mass is 16.3. The highest BCUT2D eigenvalue weighted by Gasteiger charge is 2.23. The molecule has 1 aliphatic carbocycles. The molecule has 66 valence electrons. The van der Waals surface area contributed by atoms with Gasteiger partial charge in [0, 0.05) is 0 Å². The van der Waals surface area contributed by atoms with Gasteiger partial charge in [0.15, 0.2) is 0 Å². The first-order valence-corrected chi connectivity index (χ1v) is 5.02. The lowest BCUT2D eigenvalue weighted by Crippen LogP contribution is -2.12. The van der Waals surface area contributed by atoms with E-state index in [4.69, 9.17) is 0 Å². The van der Waals surface area contributed by atoms with E-state index in [1.54, 1.807) is 0 Å². The Morgan fingerprint density at radius 1 is 1.27 bits per heavy atom. The van der Waals surface area contributed by atoms with Crippen LogP contribution in [0.15, 0.2) is 0 Å². The molecule has 11 heavy (non-hydrogen) atoms. The minimum absolute atomic E-state index is 0.0341. The molecule has 0 saturated heterocycles. The van der Waals surface area contributed by atoms with Gasteiger partial charge in [0.2, 0.25) is 0 Å². The van der Waals surface area contributed by atoms with Crippen LogP contribution in [-0.2, 0) is 0 Å². The van der Waals surface area contributed by atoms with E-state index in [9.17, 15) is 5.11 Å². The van der Waals surface area contributed by atoms with Crippen molar-refractivity contribution in [2.45, 2.75) is 58.0 Å². The molecule has 0 aromatic carbocycles. The van der Waals surface area contributed by atoms with Crippen molar-refractivity contribution < 1.29 is 5.11 Å². The smallest absolute Gasteiger partial charge is 0.0568 e. The van der Waals surface area contributed by atoms with Crippen LogP contribution in [0, 0.1) is 5.92 Å². The molecule has 0 heterocycles. The predicted molar refractivity (Wildman–Crippen MR) is 47.5 cm³/mol. The van der Waals surface area contributed by atoms with Crippen molar-refractivity contribution in [3.63, 3.8) is 0 Å². The maximum Gasteiger partial charge on any atom is 0.0568 e. The average Bonchev–Trinajstić information content (AvgIpc) is 2.37. The largest absolute Gasteiger partial charge is 0.393 e. The summed E-state index contributed by atoms with van der Waals surface area (Å²) in [6.45, 7) is 2.23. The van der Waals surface area contributed by atoms with E-state index < -0.39 is 0 Å². The number of unbranched alkanes of at least 4 members (excludes halogenated alkanes) is 2. The van der Waals surface area contributed by atoms with Crippen molar-refractivity contribution >= 4 is 0 Å². The number of rotatable bonds is 4. The lowest BCUT2D eigenvalue weighted by molar-refractivity contribution is 0.126. The van der Waals surface area contributed by atoms with Gasteiger partial charge in [0.05, 0.1) is 6.10 Å². The maximum absolute atomic E-state index is 9.49. The summed E-state index contributed by atoms with van der Waals surface area (Å²) in [7, 11) is 0. The fourth-order valence-electron chi connectivity index (χ4n) is 2.01. The Kier molecular flexibility index (Phi) is 3.92. The fraction of sp³-hybridized carbons (Fsp3) is 1.00. The molecule has 0 amide bonds. The second kappa shape index (κ2) is 4.76. The van der Waals surface area contributed by atoms with Gasteiger partial charge in [-0.15, -0.1) is 0 Å². The Hall–Kier alpha value is -0.0400. The quantitative estimate of drug-likeness (QED) is 0.620. The van der Waals surface area contributed by atoms with Gasteiger partial charge in [-0.3, -0.25) is 0 Å². The Labute approximate surface area is 69.8 Å². The van der Waals surface area contributed by atoms with Crippen LogP contribution in [0.1, 0.15) is 51.9 Å². The van der Waals surface area contributed by atoms with Crippen molar-refractivity contribution in [2.75, 3.05) is 0 Å². The Bertz CT molecular complexity index is 101. The highest BCUT2D eigenvalue weighted by molar-refractivity contribution is 4.76. The maximum atomic E-state index is 9.49. The van der Waals surface area contributed by atoms with E-state index in [0.29, 0.717) is 5.92 Å². The van der Waals surface area contributed by atoms with Crippen LogP contribution in [0.5, 0.6) is 0 Å². The molecule has 0 unspecified atom stereocenters. The third-order valence-corrected chi connectivity index (χ3v) is 2.80. The molecule has 1 nitrogen and oxygen atoms in total. The molecule has 1 heteroatoms. The molecule has 1 saturated carbocycles. The lowest BCUT2D eigenvalue weighted by atomic mass is 9.98. The van der Waals surface area contributed by atoms with Crippen molar-refractivity contribution in [2.24, 2.45) is 5.92 Å². The van der Waals surface area contributed by atoms with Gasteiger partial charge in [-0.2, -0.15) is 0 Å². The second-order valence-corrected chi connectivity index (χ2v) is 3.75. The van der Waals surface area contributed by atoms with Gasteiger partial charge in [0.1, 0.15) is 0 Å². The van der Waals surface area contributed by atoms with Crippen LogP contribution < -0.4 is 0 Å². The first-order chi connectivity index (χ1) is 5.34. The van der Waals surface area contributed by atoms with Gasteiger partial charge < -0.3 is 5.11 Å². The molecule has 1 N–H and O–H groups in total. The average molecular weight is 156 g/mol. The van der Waals surface area contributed by atoms with Crippen molar-refractivity contribution in [3.05, 3.63) is 0 Å². The first-order valence-electron chi connectivity index (χ1n) is 5.02. The van der Waals surface area contributed by atoms with Crippen LogP contribution in [0.4, 0.5) is 0 Å². The third-order valence-electron chi connectivity index (χ3n) is 2.80. The number of hydrogen-bond acceptors (Lipinski definition) is 1. The van der Waals surface area contributed by atoms with E-state index in [2.05, 4.69) is 6.92 Å². The zero-order valence-electron chi connectivity index (χ0n) is 7.55. The zero-order chi connectivity index (χ0) is 8.10. The van der Waals surface area contributed by atoms with Crippen LogP contribution in [0.2, 0.25) is 0 Å². The summed E-state index contributed by atoms with van der Waals surface area (Å²) in [5.74, 6) is 0.640. The monoisotopic (exact) mass is 156 g/mol. The molecule has 0 aromatic heterocycles. The van der Waals surface area contributed by atoms with E-state index >= 15 is 0 Å². The summed E-state index contributed by atoms with van der Waals surface area (Å²) in [6.07, 6.45) is 8.81. The number of aliphatic hydroxyl groups excluding tert-OH is 1.